The minimum atomic E-state index is -1.09. The minimum Gasteiger partial charge on any atom is -0.394 e. The maximum absolute atomic E-state index is 9.81. The maximum Gasteiger partial charge on any atom is 0.113 e. The van der Waals surface area contributed by atoms with Gasteiger partial charge < -0.3 is 24.8 Å². The van der Waals surface area contributed by atoms with Crippen molar-refractivity contribution in [3.8, 4) is 0 Å². The molecule has 0 bridgehead atoms. The molecular formula is C10H16O5. The summed E-state index contributed by atoms with van der Waals surface area (Å²) in [5.41, 5.74) is 0. The van der Waals surface area contributed by atoms with Gasteiger partial charge in [0.05, 0.1) is 19.3 Å². The third kappa shape index (κ3) is 2.07. The quantitative estimate of drug-likeness (QED) is 0.480. The van der Waals surface area contributed by atoms with Gasteiger partial charge in [-0.2, -0.15) is 0 Å². The van der Waals surface area contributed by atoms with Crippen LogP contribution in [0, 0.1) is 0 Å². The fourth-order valence-electron chi connectivity index (χ4n) is 2.03. The van der Waals surface area contributed by atoms with Gasteiger partial charge >= 0.3 is 0 Å². The van der Waals surface area contributed by atoms with Crippen LogP contribution in [0.3, 0.4) is 0 Å². The topological polar surface area (TPSA) is 79.2 Å². The third-order valence-corrected chi connectivity index (χ3v) is 2.88. The highest BCUT2D eigenvalue weighted by Crippen LogP contribution is 2.26. The lowest BCUT2D eigenvalue weighted by Crippen LogP contribution is -2.58. The molecule has 5 heteroatoms. The predicted molar refractivity (Wildman–Crippen MR) is 51.3 cm³/mol. The lowest BCUT2D eigenvalue weighted by molar-refractivity contribution is -0.236. The van der Waals surface area contributed by atoms with E-state index < -0.39 is 24.4 Å². The van der Waals surface area contributed by atoms with E-state index in [0.29, 0.717) is 13.0 Å². The molecule has 0 saturated carbocycles. The van der Waals surface area contributed by atoms with Crippen molar-refractivity contribution in [3.63, 3.8) is 0 Å². The van der Waals surface area contributed by atoms with Crippen LogP contribution in [0.15, 0.2) is 12.2 Å². The number of ether oxygens (including phenoxy) is 2. The van der Waals surface area contributed by atoms with Gasteiger partial charge in [-0.25, -0.2) is 0 Å². The first-order chi connectivity index (χ1) is 7.24. The molecule has 1 saturated heterocycles. The summed E-state index contributed by atoms with van der Waals surface area (Å²) in [7, 11) is 0. The van der Waals surface area contributed by atoms with Crippen molar-refractivity contribution in [2.75, 3.05) is 13.2 Å². The highest BCUT2D eigenvalue weighted by molar-refractivity contribution is 4.99. The molecule has 0 amide bonds. The Bertz CT molecular complexity index is 242. The van der Waals surface area contributed by atoms with E-state index in [2.05, 4.69) is 0 Å². The summed E-state index contributed by atoms with van der Waals surface area (Å²) in [6.45, 7) is 0.114. The molecule has 0 aliphatic carbocycles. The van der Waals surface area contributed by atoms with Crippen molar-refractivity contribution >= 4 is 0 Å². The molecule has 0 unspecified atom stereocenters. The molecule has 5 nitrogen and oxygen atoms in total. The number of hydrogen-bond donors (Lipinski definition) is 3. The van der Waals surface area contributed by atoms with Gasteiger partial charge in [0, 0.05) is 0 Å². The normalized spacial score (nSPS) is 45.9. The predicted octanol–water partition coefficient (Wildman–Crippen LogP) is -1.19. The van der Waals surface area contributed by atoms with E-state index in [1.165, 1.54) is 0 Å². The van der Waals surface area contributed by atoms with E-state index in [9.17, 15) is 10.2 Å². The van der Waals surface area contributed by atoms with Crippen LogP contribution in [0.1, 0.15) is 6.42 Å². The highest BCUT2D eigenvalue weighted by atomic mass is 16.6. The standard InChI is InChI=1S/C10H16O5/c11-5-7-8(12)9(13)10-6(15-7)3-1-2-4-14-10/h1-2,6-13H,3-5H2/t6-,7+,8+,9-,10-/m0/s1. The van der Waals surface area contributed by atoms with Gasteiger partial charge in [-0.3, -0.25) is 0 Å². The van der Waals surface area contributed by atoms with E-state index in [4.69, 9.17) is 14.6 Å². The number of aliphatic hydroxyl groups excluding tert-OH is 3. The second-order valence-electron chi connectivity index (χ2n) is 3.88. The first kappa shape index (κ1) is 11.0. The second kappa shape index (κ2) is 4.59. The summed E-state index contributed by atoms with van der Waals surface area (Å²) in [5, 5.41) is 28.4. The van der Waals surface area contributed by atoms with Gasteiger partial charge in [-0.15, -0.1) is 0 Å². The lowest BCUT2D eigenvalue weighted by atomic mass is 9.93. The Morgan fingerprint density at radius 1 is 1.20 bits per heavy atom. The Kier molecular flexibility index (Phi) is 3.38. The monoisotopic (exact) mass is 216 g/mol. The Hall–Kier alpha value is -0.460. The van der Waals surface area contributed by atoms with Crippen LogP contribution in [0.25, 0.3) is 0 Å². The zero-order valence-corrected chi connectivity index (χ0v) is 8.32. The summed E-state index contributed by atoms with van der Waals surface area (Å²) in [6.07, 6.45) is 0.784. The van der Waals surface area contributed by atoms with Gasteiger partial charge in [0.1, 0.15) is 24.4 Å². The molecule has 1 fully saturated rings. The summed E-state index contributed by atoms with van der Waals surface area (Å²) in [5.74, 6) is 0. The molecule has 2 rings (SSSR count). The zero-order chi connectivity index (χ0) is 10.8. The Morgan fingerprint density at radius 2 is 2.00 bits per heavy atom. The average Bonchev–Trinajstić information content (AvgIpc) is 2.48. The Balaban J connectivity index is 2.11. The second-order valence-corrected chi connectivity index (χ2v) is 3.88. The number of rotatable bonds is 1. The van der Waals surface area contributed by atoms with Gasteiger partial charge in [0.15, 0.2) is 0 Å². The van der Waals surface area contributed by atoms with E-state index in [-0.39, 0.29) is 12.7 Å². The summed E-state index contributed by atoms with van der Waals surface area (Å²) >= 11 is 0. The van der Waals surface area contributed by atoms with Crippen LogP contribution in [0.5, 0.6) is 0 Å². The molecule has 3 N–H and O–H groups in total. The van der Waals surface area contributed by atoms with Gasteiger partial charge in [0.2, 0.25) is 0 Å². The minimum absolute atomic E-state index is 0.292. The molecular weight excluding hydrogens is 200 g/mol. The number of hydrogen-bond acceptors (Lipinski definition) is 5. The van der Waals surface area contributed by atoms with E-state index in [0.717, 1.165) is 0 Å². The van der Waals surface area contributed by atoms with Crippen LogP contribution in [-0.4, -0.2) is 59.1 Å². The molecule has 0 spiro atoms. The molecule has 0 aromatic rings. The molecule has 2 aliphatic rings. The van der Waals surface area contributed by atoms with Crippen molar-refractivity contribution < 1.29 is 24.8 Å². The van der Waals surface area contributed by atoms with Crippen LogP contribution in [0.4, 0.5) is 0 Å². The Labute approximate surface area is 87.9 Å². The van der Waals surface area contributed by atoms with Gasteiger partial charge in [0.25, 0.3) is 0 Å². The highest BCUT2D eigenvalue weighted by Gasteiger charge is 2.44. The molecule has 0 aromatic carbocycles. The SMILES string of the molecule is OC[C@H]1O[C@H]2CC=CCO[C@@H]2[C@@H](O)[C@@H]1O. The molecule has 2 aliphatic heterocycles. The van der Waals surface area contributed by atoms with E-state index in [1.54, 1.807) is 0 Å². The van der Waals surface area contributed by atoms with E-state index >= 15 is 0 Å². The van der Waals surface area contributed by atoms with Crippen molar-refractivity contribution in [1.82, 2.24) is 0 Å². The molecule has 15 heavy (non-hydrogen) atoms. The fourth-order valence-corrected chi connectivity index (χ4v) is 2.03. The maximum atomic E-state index is 9.81. The first-order valence-corrected chi connectivity index (χ1v) is 5.13. The van der Waals surface area contributed by atoms with Crippen molar-refractivity contribution in [2.24, 2.45) is 0 Å². The zero-order valence-electron chi connectivity index (χ0n) is 8.32. The molecule has 0 aromatic heterocycles. The molecule has 2 heterocycles. The van der Waals surface area contributed by atoms with E-state index in [1.807, 2.05) is 12.2 Å². The van der Waals surface area contributed by atoms with Crippen molar-refractivity contribution in [2.45, 2.75) is 36.9 Å². The van der Waals surface area contributed by atoms with Crippen LogP contribution in [-0.2, 0) is 9.47 Å². The van der Waals surface area contributed by atoms with Gasteiger partial charge in [-0.1, -0.05) is 12.2 Å². The van der Waals surface area contributed by atoms with Crippen LogP contribution < -0.4 is 0 Å². The average molecular weight is 216 g/mol. The summed E-state index contributed by atoms with van der Waals surface area (Å²) < 4.78 is 10.8. The van der Waals surface area contributed by atoms with Crippen molar-refractivity contribution in [1.29, 1.82) is 0 Å². The molecule has 0 radical (unpaired) electrons. The number of aliphatic hydroxyl groups is 3. The lowest BCUT2D eigenvalue weighted by Gasteiger charge is -2.41. The molecule has 5 atom stereocenters. The number of fused-ring (bicyclic) bond motifs is 1. The summed E-state index contributed by atoms with van der Waals surface area (Å²) in [4.78, 5) is 0. The summed E-state index contributed by atoms with van der Waals surface area (Å²) in [6, 6.07) is 0. The van der Waals surface area contributed by atoms with Crippen molar-refractivity contribution in [3.05, 3.63) is 12.2 Å². The smallest absolute Gasteiger partial charge is 0.113 e. The largest absolute Gasteiger partial charge is 0.394 e. The van der Waals surface area contributed by atoms with Crippen LogP contribution in [0.2, 0.25) is 0 Å². The first-order valence-electron chi connectivity index (χ1n) is 5.13. The fraction of sp³-hybridized carbons (Fsp3) is 0.800. The third-order valence-electron chi connectivity index (χ3n) is 2.88. The van der Waals surface area contributed by atoms with Gasteiger partial charge in [-0.05, 0) is 6.42 Å². The van der Waals surface area contributed by atoms with Crippen LogP contribution >= 0.6 is 0 Å². The molecule has 86 valence electrons. The Morgan fingerprint density at radius 3 is 2.73 bits per heavy atom.